The third-order valence-electron chi connectivity index (χ3n) is 3.22. The maximum Gasteiger partial charge on any atom is 0.156 e. The summed E-state index contributed by atoms with van der Waals surface area (Å²) in [5.74, 6) is 2.62. The van der Waals surface area contributed by atoms with Gasteiger partial charge in [0.1, 0.15) is 18.0 Å². The first kappa shape index (κ1) is 10.3. The van der Waals surface area contributed by atoms with Crippen LogP contribution in [0.4, 0.5) is 11.4 Å². The minimum atomic E-state index is 0.692. The Morgan fingerprint density at radius 3 is 2.83 bits per heavy atom. The second-order valence-corrected chi connectivity index (χ2v) is 5.24. The lowest BCUT2D eigenvalue weighted by Crippen LogP contribution is -2.30. The zero-order valence-corrected chi connectivity index (χ0v) is 11.1. The van der Waals surface area contributed by atoms with Gasteiger partial charge in [-0.05, 0) is 24.3 Å². The number of anilines is 2. The van der Waals surface area contributed by atoms with Crippen LogP contribution in [-0.2, 0) is 0 Å². The highest BCUT2D eigenvalue weighted by Crippen LogP contribution is 2.52. The van der Waals surface area contributed by atoms with Gasteiger partial charge in [-0.1, -0.05) is 28.1 Å². The first-order valence-corrected chi connectivity index (χ1v) is 6.63. The highest BCUT2D eigenvalue weighted by Gasteiger charge is 2.30. The van der Waals surface area contributed by atoms with E-state index in [1.165, 1.54) is 0 Å². The van der Waals surface area contributed by atoms with Crippen molar-refractivity contribution in [3.63, 3.8) is 0 Å². The maximum absolute atomic E-state index is 5.95. The molecule has 0 saturated heterocycles. The standard InChI is InChI=1S/C14H10BrNO2/c15-9-7-12-14-13(8-9)18-11-4-2-1-3-10(11)16(14)5-6-17-12/h1-4,7-8H,5-6H2. The van der Waals surface area contributed by atoms with E-state index < -0.39 is 0 Å². The van der Waals surface area contributed by atoms with Crippen LogP contribution >= 0.6 is 15.9 Å². The Kier molecular flexibility index (Phi) is 2.08. The third-order valence-corrected chi connectivity index (χ3v) is 3.68. The van der Waals surface area contributed by atoms with Crippen molar-refractivity contribution >= 4 is 27.3 Å². The van der Waals surface area contributed by atoms with Crippen molar-refractivity contribution in [2.45, 2.75) is 0 Å². The van der Waals surface area contributed by atoms with Gasteiger partial charge in [0, 0.05) is 4.47 Å². The molecule has 3 nitrogen and oxygen atoms in total. The van der Waals surface area contributed by atoms with Crippen molar-refractivity contribution in [2.24, 2.45) is 0 Å². The Bertz CT molecular complexity index is 642. The highest BCUT2D eigenvalue weighted by atomic mass is 79.9. The van der Waals surface area contributed by atoms with Crippen molar-refractivity contribution in [3.8, 4) is 17.2 Å². The second-order valence-electron chi connectivity index (χ2n) is 4.32. The summed E-state index contributed by atoms with van der Waals surface area (Å²) in [6, 6.07) is 12.1. The van der Waals surface area contributed by atoms with Crippen molar-refractivity contribution in [3.05, 3.63) is 40.9 Å². The molecule has 0 amide bonds. The average molecular weight is 304 g/mol. The molecule has 4 rings (SSSR count). The number of fused-ring (bicyclic) bond motifs is 2. The molecule has 0 unspecified atom stereocenters. The number of hydrogen-bond acceptors (Lipinski definition) is 3. The molecule has 0 bridgehead atoms. The lowest BCUT2D eigenvalue weighted by atomic mass is 10.1. The molecule has 0 radical (unpaired) electrons. The molecule has 2 aromatic rings. The number of halogens is 1. The normalized spacial score (nSPS) is 15.3. The molecule has 2 aliphatic rings. The van der Waals surface area contributed by atoms with E-state index in [0.717, 1.165) is 39.6 Å². The van der Waals surface area contributed by atoms with Gasteiger partial charge in [-0.3, -0.25) is 0 Å². The monoisotopic (exact) mass is 303 g/mol. The molecule has 2 aliphatic heterocycles. The number of benzene rings is 2. The van der Waals surface area contributed by atoms with Gasteiger partial charge in [-0.15, -0.1) is 0 Å². The number of hydrogen-bond donors (Lipinski definition) is 0. The number of ether oxygens (including phenoxy) is 2. The Balaban J connectivity index is 1.99. The molecule has 4 heteroatoms. The summed E-state index contributed by atoms with van der Waals surface area (Å²) in [4.78, 5) is 2.26. The van der Waals surface area contributed by atoms with E-state index in [1.54, 1.807) is 0 Å². The fourth-order valence-electron chi connectivity index (χ4n) is 2.49. The van der Waals surface area contributed by atoms with E-state index in [1.807, 2.05) is 30.3 Å². The van der Waals surface area contributed by atoms with Crippen LogP contribution in [0.5, 0.6) is 17.2 Å². The average Bonchev–Trinajstić information content (AvgIpc) is 2.38. The first-order valence-electron chi connectivity index (χ1n) is 5.84. The van der Waals surface area contributed by atoms with Gasteiger partial charge >= 0.3 is 0 Å². The van der Waals surface area contributed by atoms with Crippen LogP contribution in [0.3, 0.4) is 0 Å². The van der Waals surface area contributed by atoms with Crippen molar-refractivity contribution in [1.29, 1.82) is 0 Å². The molecular formula is C14H10BrNO2. The van der Waals surface area contributed by atoms with Crippen LogP contribution in [0.25, 0.3) is 0 Å². The van der Waals surface area contributed by atoms with Gasteiger partial charge in [0.2, 0.25) is 0 Å². The first-order chi connectivity index (χ1) is 8.83. The van der Waals surface area contributed by atoms with Gasteiger partial charge in [0.05, 0.1) is 12.2 Å². The van der Waals surface area contributed by atoms with Crippen LogP contribution in [-0.4, -0.2) is 13.2 Å². The predicted octanol–water partition coefficient (Wildman–Crippen LogP) is 4.09. The van der Waals surface area contributed by atoms with E-state index in [-0.39, 0.29) is 0 Å². The zero-order valence-electron chi connectivity index (χ0n) is 9.52. The molecule has 2 aromatic carbocycles. The van der Waals surface area contributed by atoms with Crippen molar-refractivity contribution in [1.82, 2.24) is 0 Å². The summed E-state index contributed by atoms with van der Waals surface area (Å²) in [6.45, 7) is 1.54. The third kappa shape index (κ3) is 1.35. The van der Waals surface area contributed by atoms with Crippen LogP contribution < -0.4 is 14.4 Å². The molecule has 0 atom stereocenters. The molecule has 0 aliphatic carbocycles. The number of nitrogens with zero attached hydrogens (tertiary/aromatic N) is 1. The smallest absolute Gasteiger partial charge is 0.156 e. The summed E-state index contributed by atoms with van der Waals surface area (Å²) < 4.78 is 12.6. The van der Waals surface area contributed by atoms with Crippen molar-refractivity contribution < 1.29 is 9.47 Å². The maximum atomic E-state index is 5.95. The largest absolute Gasteiger partial charge is 0.489 e. The fraction of sp³-hybridized carbons (Fsp3) is 0.143. The van der Waals surface area contributed by atoms with E-state index in [0.29, 0.717) is 6.61 Å². The SMILES string of the molecule is Brc1cc2c3c(c1)Oc1ccccc1N3CCO2. The Hall–Kier alpha value is -1.68. The molecule has 90 valence electrons. The van der Waals surface area contributed by atoms with Gasteiger partial charge in [-0.2, -0.15) is 0 Å². The van der Waals surface area contributed by atoms with Crippen LogP contribution in [0, 0.1) is 0 Å². The molecule has 18 heavy (non-hydrogen) atoms. The fourth-order valence-corrected chi connectivity index (χ4v) is 2.90. The summed E-state index contributed by atoms with van der Waals surface area (Å²) in [5.41, 5.74) is 2.14. The van der Waals surface area contributed by atoms with Crippen molar-refractivity contribution in [2.75, 3.05) is 18.1 Å². The summed E-state index contributed by atoms with van der Waals surface area (Å²) in [6.07, 6.45) is 0. The highest BCUT2D eigenvalue weighted by molar-refractivity contribution is 9.10. The molecule has 0 N–H and O–H groups in total. The Morgan fingerprint density at radius 2 is 1.89 bits per heavy atom. The topological polar surface area (TPSA) is 21.7 Å². The summed E-state index contributed by atoms with van der Waals surface area (Å²) in [5, 5.41) is 0. The lowest BCUT2D eigenvalue weighted by molar-refractivity contribution is 0.307. The summed E-state index contributed by atoms with van der Waals surface area (Å²) in [7, 11) is 0. The summed E-state index contributed by atoms with van der Waals surface area (Å²) >= 11 is 3.49. The van der Waals surface area contributed by atoms with Gasteiger partial charge < -0.3 is 14.4 Å². The zero-order chi connectivity index (χ0) is 12.1. The Labute approximate surface area is 113 Å². The molecule has 0 aromatic heterocycles. The minimum Gasteiger partial charge on any atom is -0.489 e. The molecule has 2 heterocycles. The van der Waals surface area contributed by atoms with E-state index in [2.05, 4.69) is 26.9 Å². The Morgan fingerprint density at radius 1 is 1.06 bits per heavy atom. The number of para-hydroxylation sites is 2. The molecule has 0 saturated carbocycles. The molecular weight excluding hydrogens is 294 g/mol. The van der Waals surface area contributed by atoms with Gasteiger partial charge in [0.15, 0.2) is 11.5 Å². The van der Waals surface area contributed by atoms with E-state index >= 15 is 0 Å². The van der Waals surface area contributed by atoms with Crippen LogP contribution in [0.1, 0.15) is 0 Å². The second kappa shape index (κ2) is 3.65. The predicted molar refractivity (Wildman–Crippen MR) is 73.2 cm³/mol. The van der Waals surface area contributed by atoms with Gasteiger partial charge in [-0.25, -0.2) is 0 Å². The molecule has 0 spiro atoms. The van der Waals surface area contributed by atoms with Crippen LogP contribution in [0.15, 0.2) is 40.9 Å². The quantitative estimate of drug-likeness (QED) is 0.732. The minimum absolute atomic E-state index is 0.692. The van der Waals surface area contributed by atoms with E-state index in [9.17, 15) is 0 Å². The molecule has 0 fully saturated rings. The van der Waals surface area contributed by atoms with E-state index in [4.69, 9.17) is 9.47 Å². The lowest BCUT2D eigenvalue weighted by Gasteiger charge is -2.37. The van der Waals surface area contributed by atoms with Crippen LogP contribution in [0.2, 0.25) is 0 Å². The number of rotatable bonds is 0. The van der Waals surface area contributed by atoms with Gasteiger partial charge in [0.25, 0.3) is 0 Å².